The first-order valence-electron chi connectivity index (χ1n) is 7.86. The first-order valence-corrected chi connectivity index (χ1v) is 7.86. The summed E-state index contributed by atoms with van der Waals surface area (Å²) in [6.07, 6.45) is 4.53. The standard InChI is InChI=1S/C15H28N2O3/c1-4-19-15(18)13(16-12-5-6-12)7-9-17(3)14-8-10-20-11(14)2/h11-14,16H,4-10H2,1-3H3. The van der Waals surface area contributed by atoms with Crippen molar-refractivity contribution in [3.63, 3.8) is 0 Å². The summed E-state index contributed by atoms with van der Waals surface area (Å²) < 4.78 is 10.8. The molecule has 5 nitrogen and oxygen atoms in total. The van der Waals surface area contributed by atoms with Crippen LogP contribution in [0, 0.1) is 0 Å². The highest BCUT2D eigenvalue weighted by Crippen LogP contribution is 2.21. The van der Waals surface area contributed by atoms with Gasteiger partial charge in [0.2, 0.25) is 0 Å². The van der Waals surface area contributed by atoms with E-state index in [1.54, 1.807) is 0 Å². The molecule has 0 radical (unpaired) electrons. The molecule has 1 saturated heterocycles. The summed E-state index contributed by atoms with van der Waals surface area (Å²) in [6.45, 7) is 6.17. The highest BCUT2D eigenvalue weighted by molar-refractivity contribution is 5.75. The van der Waals surface area contributed by atoms with Gasteiger partial charge in [0.05, 0.1) is 12.7 Å². The maximum atomic E-state index is 12.0. The van der Waals surface area contributed by atoms with E-state index < -0.39 is 0 Å². The Morgan fingerprint density at radius 2 is 2.20 bits per heavy atom. The number of carbonyl (C=O) groups is 1. The molecule has 2 aliphatic rings. The van der Waals surface area contributed by atoms with Crippen molar-refractivity contribution in [2.45, 2.75) is 63.8 Å². The third-order valence-electron chi connectivity index (χ3n) is 4.26. The summed E-state index contributed by atoms with van der Waals surface area (Å²) in [5, 5.41) is 3.40. The predicted octanol–water partition coefficient (Wildman–Crippen LogP) is 1.17. The summed E-state index contributed by atoms with van der Waals surface area (Å²) in [5.41, 5.74) is 0. The molecule has 0 aromatic carbocycles. The second kappa shape index (κ2) is 7.38. The Morgan fingerprint density at radius 3 is 2.75 bits per heavy atom. The molecule has 3 unspecified atom stereocenters. The fraction of sp³-hybridized carbons (Fsp3) is 0.933. The van der Waals surface area contributed by atoms with Gasteiger partial charge in [-0.05, 0) is 46.6 Å². The molecule has 1 aliphatic heterocycles. The zero-order chi connectivity index (χ0) is 14.5. The topological polar surface area (TPSA) is 50.8 Å². The van der Waals surface area contributed by atoms with E-state index in [1.165, 1.54) is 12.8 Å². The Bertz CT molecular complexity index is 320. The van der Waals surface area contributed by atoms with Gasteiger partial charge in [-0.3, -0.25) is 4.79 Å². The molecule has 0 spiro atoms. The maximum Gasteiger partial charge on any atom is 0.323 e. The molecular formula is C15H28N2O3. The number of nitrogens with zero attached hydrogens (tertiary/aromatic N) is 1. The minimum absolute atomic E-state index is 0.108. The maximum absolute atomic E-state index is 12.0. The number of hydrogen-bond donors (Lipinski definition) is 1. The number of ether oxygens (including phenoxy) is 2. The third-order valence-corrected chi connectivity index (χ3v) is 4.26. The van der Waals surface area contributed by atoms with Crippen LogP contribution in [0.25, 0.3) is 0 Å². The number of nitrogens with one attached hydrogen (secondary N) is 1. The molecule has 1 saturated carbocycles. The van der Waals surface area contributed by atoms with Crippen LogP contribution < -0.4 is 5.32 Å². The lowest BCUT2D eigenvalue weighted by Gasteiger charge is -2.28. The van der Waals surface area contributed by atoms with Crippen molar-refractivity contribution in [2.75, 3.05) is 26.8 Å². The second-order valence-corrected chi connectivity index (χ2v) is 5.95. The minimum atomic E-state index is -0.164. The van der Waals surface area contributed by atoms with Crippen LogP contribution in [0.3, 0.4) is 0 Å². The van der Waals surface area contributed by atoms with Gasteiger partial charge in [0.15, 0.2) is 0 Å². The zero-order valence-electron chi connectivity index (χ0n) is 12.9. The number of hydrogen-bond acceptors (Lipinski definition) is 5. The third kappa shape index (κ3) is 4.43. The Balaban J connectivity index is 1.79. The molecule has 0 aromatic rings. The van der Waals surface area contributed by atoms with Gasteiger partial charge in [-0.25, -0.2) is 0 Å². The van der Waals surface area contributed by atoms with Gasteiger partial charge >= 0.3 is 5.97 Å². The molecular weight excluding hydrogens is 256 g/mol. The van der Waals surface area contributed by atoms with Crippen LogP contribution in [0.15, 0.2) is 0 Å². The Morgan fingerprint density at radius 1 is 1.45 bits per heavy atom. The quantitative estimate of drug-likeness (QED) is 0.678. The van der Waals surface area contributed by atoms with E-state index >= 15 is 0 Å². The van der Waals surface area contributed by atoms with Gasteiger partial charge < -0.3 is 19.7 Å². The molecule has 2 fully saturated rings. The Kier molecular flexibility index (Phi) is 5.81. The van der Waals surface area contributed by atoms with E-state index in [0.29, 0.717) is 18.7 Å². The molecule has 1 heterocycles. The molecule has 0 aromatic heterocycles. The number of likely N-dealkylation sites (N-methyl/N-ethyl adjacent to an activating group) is 1. The van der Waals surface area contributed by atoms with E-state index in [1.807, 2.05) is 6.92 Å². The molecule has 0 bridgehead atoms. The number of carbonyl (C=O) groups excluding carboxylic acids is 1. The van der Waals surface area contributed by atoms with Crippen LogP contribution in [0.5, 0.6) is 0 Å². The van der Waals surface area contributed by atoms with Crippen molar-refractivity contribution in [3.05, 3.63) is 0 Å². The summed E-state index contributed by atoms with van der Waals surface area (Å²) in [7, 11) is 2.12. The number of rotatable bonds is 8. The minimum Gasteiger partial charge on any atom is -0.465 e. The normalized spacial score (nSPS) is 27.8. The van der Waals surface area contributed by atoms with E-state index in [9.17, 15) is 4.79 Å². The molecule has 116 valence electrons. The Labute approximate surface area is 122 Å². The van der Waals surface area contributed by atoms with Crippen molar-refractivity contribution >= 4 is 5.97 Å². The fourth-order valence-electron chi connectivity index (χ4n) is 2.84. The molecule has 0 amide bonds. The SMILES string of the molecule is CCOC(=O)C(CCN(C)C1CCOC1C)NC1CC1. The molecule has 5 heteroatoms. The molecule has 1 N–H and O–H groups in total. The lowest BCUT2D eigenvalue weighted by molar-refractivity contribution is -0.146. The van der Waals surface area contributed by atoms with Crippen LogP contribution in [-0.4, -0.2) is 61.9 Å². The second-order valence-electron chi connectivity index (χ2n) is 5.95. The molecule has 20 heavy (non-hydrogen) atoms. The van der Waals surface area contributed by atoms with E-state index in [2.05, 4.69) is 24.2 Å². The zero-order valence-corrected chi connectivity index (χ0v) is 12.9. The van der Waals surface area contributed by atoms with Gasteiger partial charge in [0, 0.05) is 25.2 Å². The van der Waals surface area contributed by atoms with Gasteiger partial charge in [0.1, 0.15) is 6.04 Å². The summed E-state index contributed by atoms with van der Waals surface area (Å²) in [6, 6.07) is 0.824. The van der Waals surface area contributed by atoms with Crippen LogP contribution in [0.2, 0.25) is 0 Å². The van der Waals surface area contributed by atoms with Crippen LogP contribution in [-0.2, 0) is 14.3 Å². The van der Waals surface area contributed by atoms with Crippen LogP contribution in [0.4, 0.5) is 0 Å². The van der Waals surface area contributed by atoms with E-state index in [4.69, 9.17) is 9.47 Å². The van der Waals surface area contributed by atoms with E-state index in [-0.39, 0.29) is 18.1 Å². The van der Waals surface area contributed by atoms with Crippen molar-refractivity contribution in [1.82, 2.24) is 10.2 Å². The molecule has 2 rings (SSSR count). The average Bonchev–Trinajstić information content (AvgIpc) is 3.14. The Hall–Kier alpha value is -0.650. The number of esters is 1. The van der Waals surface area contributed by atoms with Crippen molar-refractivity contribution in [1.29, 1.82) is 0 Å². The van der Waals surface area contributed by atoms with Crippen molar-refractivity contribution in [3.8, 4) is 0 Å². The fourth-order valence-corrected chi connectivity index (χ4v) is 2.84. The smallest absolute Gasteiger partial charge is 0.323 e. The largest absolute Gasteiger partial charge is 0.465 e. The first kappa shape index (κ1) is 15.7. The van der Waals surface area contributed by atoms with Crippen LogP contribution >= 0.6 is 0 Å². The van der Waals surface area contributed by atoms with Crippen molar-refractivity contribution in [2.24, 2.45) is 0 Å². The first-order chi connectivity index (χ1) is 9.61. The van der Waals surface area contributed by atoms with Gasteiger partial charge in [-0.2, -0.15) is 0 Å². The van der Waals surface area contributed by atoms with Gasteiger partial charge in [-0.15, -0.1) is 0 Å². The summed E-state index contributed by atoms with van der Waals surface area (Å²) in [5.74, 6) is -0.108. The summed E-state index contributed by atoms with van der Waals surface area (Å²) in [4.78, 5) is 14.3. The average molecular weight is 284 g/mol. The highest BCUT2D eigenvalue weighted by Gasteiger charge is 2.31. The molecule has 1 aliphatic carbocycles. The van der Waals surface area contributed by atoms with Gasteiger partial charge in [0.25, 0.3) is 0 Å². The lowest BCUT2D eigenvalue weighted by Crippen LogP contribution is -2.44. The van der Waals surface area contributed by atoms with Crippen LogP contribution in [0.1, 0.15) is 39.5 Å². The summed E-state index contributed by atoms with van der Waals surface area (Å²) >= 11 is 0. The van der Waals surface area contributed by atoms with Crippen molar-refractivity contribution < 1.29 is 14.3 Å². The predicted molar refractivity (Wildman–Crippen MR) is 77.6 cm³/mol. The monoisotopic (exact) mass is 284 g/mol. The molecule has 3 atom stereocenters. The van der Waals surface area contributed by atoms with Gasteiger partial charge in [-0.1, -0.05) is 0 Å². The van der Waals surface area contributed by atoms with E-state index in [0.717, 1.165) is 26.0 Å². The lowest BCUT2D eigenvalue weighted by atomic mass is 10.1. The highest BCUT2D eigenvalue weighted by atomic mass is 16.5.